The molecule has 0 aromatic carbocycles. The Kier molecular flexibility index (Phi) is 32.6. The van der Waals surface area contributed by atoms with Gasteiger partial charge in [-0.2, -0.15) is 0 Å². The molecule has 2 aliphatic heterocycles. The maximum absolute atomic E-state index is 9.15. The molecule has 0 spiro atoms. The highest BCUT2D eigenvalue weighted by molar-refractivity contribution is 4.66. The van der Waals surface area contributed by atoms with Gasteiger partial charge in [-0.15, -0.1) is 0 Å². The minimum absolute atomic E-state index is 0.0110. The zero-order valence-corrected chi connectivity index (χ0v) is 30.4. The lowest BCUT2D eigenvalue weighted by Crippen LogP contribution is -2.37. The van der Waals surface area contributed by atoms with E-state index in [9.17, 15) is 0 Å². The van der Waals surface area contributed by atoms with Gasteiger partial charge >= 0.3 is 0 Å². The third-order valence-corrected chi connectivity index (χ3v) is 7.85. The molecule has 0 bridgehead atoms. The van der Waals surface area contributed by atoms with E-state index in [4.69, 9.17) is 34.7 Å². The Labute approximate surface area is 272 Å². The number of ether oxygens (including phenoxy) is 2. The van der Waals surface area contributed by atoms with E-state index in [-0.39, 0.29) is 18.3 Å². The van der Waals surface area contributed by atoms with E-state index < -0.39 is 11.6 Å². The molecule has 44 heavy (non-hydrogen) atoms. The standard InChI is InChI=1S/C14H28O3.C8H18O2.C8H18O.C6H12O2/c1-4-5-6-7-10-13(2)16-17-14(3)11-8-9-12-15-14;1-3-4-5-6-7-8(2)10-9;1-3-4-5-6-7-8(2)9;1-6(7)4-2-3-5-8-6/h13H,4-12H2,1-3H3;8-9H,3-7H2,1-2H3;8-9H,3-7H2,1-2H3;7H,2-5H2,1H3. The van der Waals surface area contributed by atoms with Crippen LogP contribution in [0.25, 0.3) is 0 Å². The summed E-state index contributed by atoms with van der Waals surface area (Å²) in [6.07, 6.45) is 24.4. The van der Waals surface area contributed by atoms with Crippen LogP contribution in [0.3, 0.4) is 0 Å². The predicted molar refractivity (Wildman–Crippen MR) is 181 cm³/mol. The lowest BCUT2D eigenvalue weighted by molar-refractivity contribution is -0.445. The van der Waals surface area contributed by atoms with Crippen LogP contribution < -0.4 is 0 Å². The molecule has 2 fully saturated rings. The minimum Gasteiger partial charge on any atom is -0.393 e. The van der Waals surface area contributed by atoms with Crippen molar-refractivity contribution in [3.63, 3.8) is 0 Å². The first-order valence-corrected chi connectivity index (χ1v) is 18.3. The van der Waals surface area contributed by atoms with E-state index in [2.05, 4.69) is 32.6 Å². The molecule has 8 heteroatoms. The summed E-state index contributed by atoms with van der Waals surface area (Å²) < 4.78 is 10.6. The first-order valence-electron chi connectivity index (χ1n) is 18.3. The van der Waals surface area contributed by atoms with Gasteiger partial charge in [0.2, 0.25) is 0 Å². The molecule has 8 nitrogen and oxygen atoms in total. The summed E-state index contributed by atoms with van der Waals surface area (Å²) in [5.41, 5.74) is 0. The predicted octanol–water partition coefficient (Wildman–Crippen LogP) is 10.3. The first kappa shape index (κ1) is 45.8. The number of aliphatic hydroxyl groups excluding tert-OH is 1. The molecule has 2 rings (SSSR count). The monoisotopic (exact) mass is 637 g/mol. The van der Waals surface area contributed by atoms with Gasteiger partial charge in [0.15, 0.2) is 11.6 Å². The van der Waals surface area contributed by atoms with Crippen molar-refractivity contribution in [3.8, 4) is 0 Å². The molecule has 0 aliphatic carbocycles. The zero-order chi connectivity index (χ0) is 33.5. The smallest absolute Gasteiger partial charge is 0.198 e. The van der Waals surface area contributed by atoms with Crippen molar-refractivity contribution >= 4 is 0 Å². The van der Waals surface area contributed by atoms with Gasteiger partial charge in [-0.05, 0) is 79.6 Å². The molecule has 5 atom stereocenters. The van der Waals surface area contributed by atoms with Gasteiger partial charge in [-0.1, -0.05) is 97.8 Å². The van der Waals surface area contributed by atoms with Crippen LogP contribution in [-0.2, 0) is 24.1 Å². The Bertz CT molecular complexity index is 558. The summed E-state index contributed by atoms with van der Waals surface area (Å²) in [5, 5.41) is 26.2. The fourth-order valence-corrected chi connectivity index (χ4v) is 4.76. The number of aliphatic hydroxyl groups is 2. The first-order chi connectivity index (χ1) is 20.9. The zero-order valence-electron chi connectivity index (χ0n) is 30.4. The topological polar surface area (TPSA) is 107 Å². The SMILES string of the molecule is CC1(O)CCCCO1.CCCCCCC(C)O.CCCCCCC(C)OO.CCCCCCC(C)OOC1(C)CCCCO1. The summed E-state index contributed by atoms with van der Waals surface area (Å²) >= 11 is 0. The number of hydrogen-bond donors (Lipinski definition) is 3. The molecule has 2 saturated heterocycles. The molecule has 3 N–H and O–H groups in total. The molecule has 0 aromatic heterocycles. The van der Waals surface area contributed by atoms with Crippen LogP contribution in [0.2, 0.25) is 0 Å². The van der Waals surface area contributed by atoms with Gasteiger partial charge in [-0.3, -0.25) is 5.26 Å². The van der Waals surface area contributed by atoms with Gasteiger partial charge in [0.25, 0.3) is 0 Å². The van der Waals surface area contributed by atoms with Crippen molar-refractivity contribution in [1.82, 2.24) is 0 Å². The van der Waals surface area contributed by atoms with E-state index in [0.717, 1.165) is 70.8 Å². The van der Waals surface area contributed by atoms with Gasteiger partial charge in [-0.25, -0.2) is 14.7 Å². The van der Waals surface area contributed by atoms with Crippen LogP contribution in [0.1, 0.15) is 190 Å². The van der Waals surface area contributed by atoms with Crippen molar-refractivity contribution in [3.05, 3.63) is 0 Å². The highest BCUT2D eigenvalue weighted by Gasteiger charge is 2.30. The van der Waals surface area contributed by atoms with E-state index >= 15 is 0 Å². The van der Waals surface area contributed by atoms with E-state index in [1.165, 1.54) is 70.6 Å². The summed E-state index contributed by atoms with van der Waals surface area (Å²) in [6, 6.07) is 0. The Hall–Kier alpha value is -0.320. The normalized spacial score (nSPS) is 23.5. The molecule has 2 heterocycles. The fraction of sp³-hybridized carbons (Fsp3) is 1.00. The molecular formula is C36H76O8. The van der Waals surface area contributed by atoms with Gasteiger partial charge in [0.05, 0.1) is 31.5 Å². The van der Waals surface area contributed by atoms with Crippen LogP contribution in [0.4, 0.5) is 0 Å². The number of hydrogen-bond acceptors (Lipinski definition) is 8. The summed E-state index contributed by atoms with van der Waals surface area (Å²) in [7, 11) is 0. The molecular weight excluding hydrogens is 560 g/mol. The lowest BCUT2D eigenvalue weighted by atomic mass is 10.1. The van der Waals surface area contributed by atoms with Crippen molar-refractivity contribution in [2.75, 3.05) is 13.2 Å². The second-order valence-corrected chi connectivity index (χ2v) is 13.2. The molecule has 0 aromatic rings. The molecule has 0 amide bonds. The van der Waals surface area contributed by atoms with Crippen molar-refractivity contribution < 1.29 is 39.6 Å². The third-order valence-electron chi connectivity index (χ3n) is 7.85. The van der Waals surface area contributed by atoms with Crippen molar-refractivity contribution in [2.45, 2.75) is 220 Å². The highest BCUT2D eigenvalue weighted by atomic mass is 17.2. The van der Waals surface area contributed by atoms with Crippen molar-refractivity contribution in [2.24, 2.45) is 0 Å². The average molecular weight is 637 g/mol. The largest absolute Gasteiger partial charge is 0.393 e. The quantitative estimate of drug-likeness (QED) is 0.0730. The van der Waals surface area contributed by atoms with Crippen molar-refractivity contribution in [1.29, 1.82) is 0 Å². The maximum Gasteiger partial charge on any atom is 0.198 e. The Morgan fingerprint density at radius 3 is 1.48 bits per heavy atom. The highest BCUT2D eigenvalue weighted by Crippen LogP contribution is 2.26. The van der Waals surface area contributed by atoms with Gasteiger partial charge < -0.3 is 19.7 Å². The molecule has 2 aliphatic rings. The van der Waals surface area contributed by atoms with E-state index in [0.29, 0.717) is 6.61 Å². The van der Waals surface area contributed by atoms with Crippen LogP contribution >= 0.6 is 0 Å². The van der Waals surface area contributed by atoms with Gasteiger partial charge in [0, 0.05) is 12.8 Å². The lowest BCUT2D eigenvalue weighted by Gasteiger charge is -2.32. The number of unbranched alkanes of at least 4 members (excludes halogenated alkanes) is 9. The molecule has 0 saturated carbocycles. The Morgan fingerprint density at radius 1 is 0.636 bits per heavy atom. The van der Waals surface area contributed by atoms with E-state index in [1.54, 1.807) is 6.92 Å². The fourth-order valence-electron chi connectivity index (χ4n) is 4.76. The Morgan fingerprint density at radius 2 is 1.11 bits per heavy atom. The Balaban J connectivity index is 0. The molecule has 5 unspecified atom stereocenters. The second kappa shape index (κ2) is 31.3. The van der Waals surface area contributed by atoms with Crippen LogP contribution in [0.5, 0.6) is 0 Å². The second-order valence-electron chi connectivity index (χ2n) is 13.2. The summed E-state index contributed by atoms with van der Waals surface area (Å²) in [5.74, 6) is -1.34. The molecule has 0 radical (unpaired) electrons. The molecule has 268 valence electrons. The van der Waals surface area contributed by atoms with Crippen LogP contribution in [0, 0.1) is 0 Å². The third kappa shape index (κ3) is 33.1. The summed E-state index contributed by atoms with van der Waals surface area (Å²) in [4.78, 5) is 15.0. The van der Waals surface area contributed by atoms with Gasteiger partial charge in [0.1, 0.15) is 0 Å². The number of rotatable bonds is 19. The van der Waals surface area contributed by atoms with Crippen LogP contribution in [0.15, 0.2) is 0 Å². The summed E-state index contributed by atoms with van der Waals surface area (Å²) in [6.45, 7) is 17.6. The van der Waals surface area contributed by atoms with Crippen LogP contribution in [-0.4, -0.2) is 58.6 Å². The van der Waals surface area contributed by atoms with E-state index in [1.807, 2.05) is 20.8 Å². The average Bonchev–Trinajstić information content (AvgIpc) is 3.00. The maximum atomic E-state index is 9.15. The minimum atomic E-state index is -0.821.